The summed E-state index contributed by atoms with van der Waals surface area (Å²) in [5, 5.41) is 0. The smallest absolute Gasteiger partial charge is 0.244 e. The molecule has 2 aromatic carbocycles. The van der Waals surface area contributed by atoms with E-state index in [1.165, 1.54) is 20.3 Å². The van der Waals surface area contributed by atoms with Gasteiger partial charge in [-0.05, 0) is 42.3 Å². The van der Waals surface area contributed by atoms with Crippen molar-refractivity contribution >= 4 is 26.0 Å². The fraction of sp³-hybridized carbons (Fsp3) is 0.294. The molecule has 0 unspecified atom stereocenters. The number of fused-ring (bicyclic) bond motifs is 1. The topological polar surface area (TPSA) is 73.9 Å². The summed E-state index contributed by atoms with van der Waals surface area (Å²) in [5.74, 6) is 1.47. The van der Waals surface area contributed by atoms with Gasteiger partial charge in [0.15, 0.2) is 0 Å². The molecule has 0 spiro atoms. The molecule has 1 N–H and O–H groups in total. The van der Waals surface area contributed by atoms with Crippen molar-refractivity contribution in [1.29, 1.82) is 0 Å². The second-order valence-corrected chi connectivity index (χ2v) is 8.20. The van der Waals surface area contributed by atoms with Gasteiger partial charge in [0.1, 0.15) is 28.8 Å². The van der Waals surface area contributed by atoms with Crippen LogP contribution in [0.4, 0.5) is 0 Å². The van der Waals surface area contributed by atoms with Crippen molar-refractivity contribution in [2.45, 2.75) is 17.4 Å². The average Bonchev–Trinajstić information content (AvgIpc) is 2.60. The molecule has 1 aliphatic rings. The molecule has 25 heavy (non-hydrogen) atoms. The summed E-state index contributed by atoms with van der Waals surface area (Å²) in [6.45, 7) is 0.264. The lowest BCUT2D eigenvalue weighted by atomic mass is 10.0. The zero-order valence-corrected chi connectivity index (χ0v) is 16.2. The zero-order valence-electron chi connectivity index (χ0n) is 13.8. The molecule has 0 radical (unpaired) electrons. The Morgan fingerprint density at radius 1 is 1.16 bits per heavy atom. The molecule has 1 atom stereocenters. The fourth-order valence-corrected chi connectivity index (χ4v) is 4.53. The van der Waals surface area contributed by atoms with E-state index in [9.17, 15) is 8.42 Å². The van der Waals surface area contributed by atoms with Crippen LogP contribution < -0.4 is 18.9 Å². The Morgan fingerprint density at radius 2 is 1.96 bits per heavy atom. The van der Waals surface area contributed by atoms with Crippen LogP contribution in [0.15, 0.2) is 45.8 Å². The third-order valence-electron chi connectivity index (χ3n) is 3.91. The lowest BCUT2D eigenvalue weighted by Gasteiger charge is -2.26. The molecule has 8 heteroatoms. The minimum absolute atomic E-state index is 0.0365. The standard InChI is InChI=1S/C17H18BrNO5S/c1-22-14-4-6-16(23-2)17(9-14)25(20,21)19-13-8-11-7-12(18)3-5-15(11)24-10-13/h3-7,9,13,19H,8,10H2,1-2H3/t13-/m1/s1. The van der Waals surface area contributed by atoms with Crippen LogP contribution in [-0.2, 0) is 16.4 Å². The van der Waals surface area contributed by atoms with Gasteiger partial charge in [0.25, 0.3) is 0 Å². The van der Waals surface area contributed by atoms with Gasteiger partial charge in [0.2, 0.25) is 10.0 Å². The third-order valence-corrected chi connectivity index (χ3v) is 5.95. The number of rotatable bonds is 5. The summed E-state index contributed by atoms with van der Waals surface area (Å²) in [5.41, 5.74) is 0.950. The fourth-order valence-electron chi connectivity index (χ4n) is 2.72. The van der Waals surface area contributed by atoms with Crippen LogP contribution in [0.2, 0.25) is 0 Å². The Balaban J connectivity index is 1.85. The Hall–Kier alpha value is -1.77. The molecule has 6 nitrogen and oxygen atoms in total. The highest BCUT2D eigenvalue weighted by molar-refractivity contribution is 9.10. The summed E-state index contributed by atoms with van der Waals surface area (Å²) in [7, 11) is -0.884. The van der Waals surface area contributed by atoms with E-state index in [1.54, 1.807) is 12.1 Å². The molecule has 1 heterocycles. The van der Waals surface area contributed by atoms with E-state index < -0.39 is 10.0 Å². The molecular formula is C17H18BrNO5S. The number of benzene rings is 2. The van der Waals surface area contributed by atoms with Gasteiger partial charge in [-0.15, -0.1) is 0 Å². The van der Waals surface area contributed by atoms with Gasteiger partial charge in [-0.1, -0.05) is 15.9 Å². The number of hydrogen-bond acceptors (Lipinski definition) is 5. The summed E-state index contributed by atoms with van der Waals surface area (Å²) in [6.07, 6.45) is 0.542. The monoisotopic (exact) mass is 427 g/mol. The van der Waals surface area contributed by atoms with E-state index in [0.717, 1.165) is 15.8 Å². The number of nitrogens with one attached hydrogen (secondary N) is 1. The highest BCUT2D eigenvalue weighted by Gasteiger charge is 2.28. The highest BCUT2D eigenvalue weighted by atomic mass is 79.9. The normalized spacial score (nSPS) is 16.7. The number of ether oxygens (including phenoxy) is 3. The van der Waals surface area contributed by atoms with Crippen LogP contribution >= 0.6 is 15.9 Å². The Morgan fingerprint density at radius 3 is 2.68 bits per heavy atom. The quantitative estimate of drug-likeness (QED) is 0.793. The van der Waals surface area contributed by atoms with Crippen molar-refractivity contribution < 1.29 is 22.6 Å². The summed E-state index contributed by atoms with van der Waals surface area (Å²) in [6, 6.07) is 9.98. The number of methoxy groups -OCH3 is 2. The van der Waals surface area contributed by atoms with E-state index in [2.05, 4.69) is 20.7 Å². The van der Waals surface area contributed by atoms with E-state index >= 15 is 0 Å². The molecule has 0 amide bonds. The Labute approximate surface area is 155 Å². The van der Waals surface area contributed by atoms with Crippen molar-refractivity contribution in [2.24, 2.45) is 0 Å². The summed E-state index contributed by atoms with van der Waals surface area (Å²) >= 11 is 3.42. The van der Waals surface area contributed by atoms with Crippen LogP contribution in [-0.4, -0.2) is 35.3 Å². The van der Waals surface area contributed by atoms with Crippen molar-refractivity contribution in [1.82, 2.24) is 4.72 Å². The first kappa shape index (κ1) is 18.0. The lowest BCUT2D eigenvalue weighted by molar-refractivity contribution is 0.253. The van der Waals surface area contributed by atoms with Gasteiger partial charge < -0.3 is 14.2 Å². The minimum atomic E-state index is -3.79. The van der Waals surface area contributed by atoms with Crippen molar-refractivity contribution in [3.8, 4) is 17.2 Å². The van der Waals surface area contributed by atoms with Gasteiger partial charge in [0.05, 0.1) is 20.3 Å². The van der Waals surface area contributed by atoms with E-state index in [1.807, 2.05) is 18.2 Å². The number of halogens is 1. The van der Waals surface area contributed by atoms with Crippen LogP contribution in [0.25, 0.3) is 0 Å². The summed E-state index contributed by atoms with van der Waals surface area (Å²) in [4.78, 5) is 0.0365. The predicted octanol–water partition coefficient (Wildman–Crippen LogP) is 2.75. The molecule has 3 rings (SSSR count). The van der Waals surface area contributed by atoms with E-state index in [0.29, 0.717) is 12.2 Å². The van der Waals surface area contributed by atoms with Crippen LogP contribution in [0.5, 0.6) is 17.2 Å². The molecule has 0 aromatic heterocycles. The van der Waals surface area contributed by atoms with Gasteiger partial charge in [-0.3, -0.25) is 0 Å². The van der Waals surface area contributed by atoms with Crippen molar-refractivity contribution in [2.75, 3.05) is 20.8 Å². The van der Waals surface area contributed by atoms with E-state index in [4.69, 9.17) is 14.2 Å². The zero-order chi connectivity index (χ0) is 18.0. The molecule has 0 bridgehead atoms. The number of hydrogen-bond donors (Lipinski definition) is 1. The number of sulfonamides is 1. The molecule has 0 aliphatic carbocycles. The van der Waals surface area contributed by atoms with Gasteiger partial charge in [-0.25, -0.2) is 13.1 Å². The van der Waals surface area contributed by atoms with Crippen LogP contribution in [0, 0.1) is 0 Å². The maximum Gasteiger partial charge on any atom is 0.244 e. The first-order chi connectivity index (χ1) is 11.9. The van der Waals surface area contributed by atoms with Gasteiger partial charge in [-0.2, -0.15) is 0 Å². The molecule has 1 aliphatic heterocycles. The lowest BCUT2D eigenvalue weighted by Crippen LogP contribution is -2.42. The molecule has 0 saturated carbocycles. The van der Waals surface area contributed by atoms with Crippen LogP contribution in [0.3, 0.4) is 0 Å². The highest BCUT2D eigenvalue weighted by Crippen LogP contribution is 2.31. The first-order valence-corrected chi connectivity index (χ1v) is 9.86. The Kier molecular flexibility index (Phi) is 5.21. The van der Waals surface area contributed by atoms with Crippen molar-refractivity contribution in [3.05, 3.63) is 46.4 Å². The maximum absolute atomic E-state index is 12.8. The van der Waals surface area contributed by atoms with Crippen molar-refractivity contribution in [3.63, 3.8) is 0 Å². The van der Waals surface area contributed by atoms with Gasteiger partial charge in [0, 0.05) is 10.5 Å². The largest absolute Gasteiger partial charge is 0.497 e. The SMILES string of the molecule is COc1ccc(OC)c(S(=O)(=O)N[C@H]2COc3ccc(Br)cc3C2)c1. The molecule has 0 saturated heterocycles. The van der Waals surface area contributed by atoms with Crippen LogP contribution in [0.1, 0.15) is 5.56 Å². The molecule has 2 aromatic rings. The molecule has 134 valence electrons. The molecular weight excluding hydrogens is 410 g/mol. The first-order valence-electron chi connectivity index (χ1n) is 7.58. The third kappa shape index (κ3) is 3.91. The second kappa shape index (κ2) is 7.23. The van der Waals surface area contributed by atoms with Gasteiger partial charge >= 0.3 is 0 Å². The average molecular weight is 428 g/mol. The minimum Gasteiger partial charge on any atom is -0.497 e. The summed E-state index contributed by atoms with van der Waals surface area (Å²) < 4.78 is 45.2. The maximum atomic E-state index is 12.8. The predicted molar refractivity (Wildman–Crippen MR) is 97.0 cm³/mol. The second-order valence-electron chi connectivity index (χ2n) is 5.60. The van der Waals surface area contributed by atoms with E-state index in [-0.39, 0.29) is 23.3 Å². The molecule has 0 fully saturated rings. The Bertz CT molecular complexity index is 885.